The van der Waals surface area contributed by atoms with E-state index in [1.807, 2.05) is 6.92 Å². The third kappa shape index (κ3) is 4.64. The molecule has 0 spiro atoms. The van der Waals surface area contributed by atoms with Crippen LogP contribution < -0.4 is 16.6 Å². The fourth-order valence-electron chi connectivity index (χ4n) is 4.71. The second-order valence-corrected chi connectivity index (χ2v) is 8.91. The minimum atomic E-state index is -0.689. The Labute approximate surface area is 197 Å². The zero-order valence-corrected chi connectivity index (χ0v) is 19.8. The average molecular weight is 469 g/mol. The maximum Gasteiger partial charge on any atom is 0.332 e. The number of aromatic nitrogens is 2. The molecule has 1 aliphatic rings. The second-order valence-electron chi connectivity index (χ2n) is 8.91. The fraction of sp³-hybridized carbons (Fsp3) is 0.520. The first-order valence-electron chi connectivity index (χ1n) is 12.2. The second kappa shape index (κ2) is 10.3. The van der Waals surface area contributed by atoms with Gasteiger partial charge in [0, 0.05) is 24.5 Å². The van der Waals surface area contributed by atoms with E-state index in [4.69, 9.17) is 4.42 Å². The topological polar surface area (TPSA) is 107 Å². The van der Waals surface area contributed by atoms with Crippen molar-refractivity contribution >= 4 is 33.9 Å². The summed E-state index contributed by atoms with van der Waals surface area (Å²) in [5, 5.41) is 3.50. The molecule has 0 unspecified atom stereocenters. The number of hydrogen-bond acceptors (Lipinski definition) is 5. The first kappa shape index (κ1) is 23.8. The van der Waals surface area contributed by atoms with Crippen molar-refractivity contribution in [3.05, 3.63) is 45.1 Å². The van der Waals surface area contributed by atoms with Gasteiger partial charge in [0.2, 0.25) is 17.4 Å². The van der Waals surface area contributed by atoms with Gasteiger partial charge in [0.25, 0.3) is 5.56 Å². The maximum absolute atomic E-state index is 13.5. The first-order valence-corrected chi connectivity index (χ1v) is 12.2. The number of fused-ring (bicyclic) bond motifs is 3. The number of nitrogens with one attached hydrogen (secondary N) is 1. The van der Waals surface area contributed by atoms with E-state index in [9.17, 15) is 19.2 Å². The predicted molar refractivity (Wildman–Crippen MR) is 130 cm³/mol. The SMILES string of the molecule is CCCCN(CC)C(=O)Cn1c(=O)n(CC(=O)NC2CCCC2)c(=O)c2oc3ccccc3c21. The summed E-state index contributed by atoms with van der Waals surface area (Å²) in [7, 11) is 0. The Hall–Kier alpha value is -3.36. The van der Waals surface area contributed by atoms with Gasteiger partial charge in [0.15, 0.2) is 0 Å². The van der Waals surface area contributed by atoms with Crippen LogP contribution in [-0.2, 0) is 22.7 Å². The molecule has 0 radical (unpaired) electrons. The van der Waals surface area contributed by atoms with E-state index in [0.717, 1.165) is 43.1 Å². The number of carbonyl (C=O) groups is 2. The van der Waals surface area contributed by atoms with E-state index in [1.54, 1.807) is 29.2 Å². The Balaban J connectivity index is 1.78. The van der Waals surface area contributed by atoms with Gasteiger partial charge in [-0.25, -0.2) is 9.36 Å². The summed E-state index contributed by atoms with van der Waals surface area (Å²) in [6.07, 6.45) is 5.70. The summed E-state index contributed by atoms with van der Waals surface area (Å²) in [5.41, 5.74) is -0.649. The smallest absolute Gasteiger partial charge is 0.332 e. The molecule has 1 fully saturated rings. The lowest BCUT2D eigenvalue weighted by Gasteiger charge is -2.21. The lowest BCUT2D eigenvalue weighted by atomic mass is 10.2. The fourth-order valence-corrected chi connectivity index (χ4v) is 4.71. The molecule has 2 amide bonds. The number of para-hydroxylation sites is 1. The van der Waals surface area contributed by atoms with Crippen LogP contribution in [0.15, 0.2) is 38.3 Å². The van der Waals surface area contributed by atoms with Gasteiger partial charge in [-0.1, -0.05) is 38.3 Å². The normalized spacial score (nSPS) is 14.2. The molecule has 4 rings (SSSR count). The lowest BCUT2D eigenvalue weighted by molar-refractivity contribution is -0.131. The zero-order chi connectivity index (χ0) is 24.2. The molecule has 9 heteroatoms. The molecule has 9 nitrogen and oxygen atoms in total. The van der Waals surface area contributed by atoms with Gasteiger partial charge in [-0.15, -0.1) is 0 Å². The molecule has 1 saturated carbocycles. The first-order chi connectivity index (χ1) is 16.4. The van der Waals surface area contributed by atoms with Crippen molar-refractivity contribution in [3.63, 3.8) is 0 Å². The Bertz CT molecular complexity index is 1310. The van der Waals surface area contributed by atoms with Gasteiger partial charge in [0.1, 0.15) is 24.2 Å². The maximum atomic E-state index is 13.5. The number of carbonyl (C=O) groups excluding carboxylic acids is 2. The summed E-state index contributed by atoms with van der Waals surface area (Å²) in [6, 6.07) is 7.09. The van der Waals surface area contributed by atoms with Crippen molar-refractivity contribution in [3.8, 4) is 0 Å². The summed E-state index contributed by atoms with van der Waals surface area (Å²) in [6.45, 7) is 4.42. The van der Waals surface area contributed by atoms with Crippen LogP contribution in [0, 0.1) is 0 Å². The Morgan fingerprint density at radius 1 is 1.09 bits per heavy atom. The highest BCUT2D eigenvalue weighted by Gasteiger charge is 2.24. The van der Waals surface area contributed by atoms with Crippen molar-refractivity contribution in [2.24, 2.45) is 0 Å². The van der Waals surface area contributed by atoms with Crippen LogP contribution in [0.2, 0.25) is 0 Å². The Kier molecular flexibility index (Phi) is 7.19. The number of unbranched alkanes of at least 4 members (excludes halogenated alkanes) is 1. The van der Waals surface area contributed by atoms with Crippen LogP contribution in [0.1, 0.15) is 52.4 Å². The molecule has 0 aliphatic heterocycles. The summed E-state index contributed by atoms with van der Waals surface area (Å²) in [4.78, 5) is 54.2. The average Bonchev–Trinajstić information content (AvgIpc) is 3.48. The van der Waals surface area contributed by atoms with Crippen LogP contribution in [0.5, 0.6) is 0 Å². The number of likely N-dealkylation sites (N-methyl/N-ethyl adjacent to an activating group) is 1. The van der Waals surface area contributed by atoms with E-state index in [1.165, 1.54) is 4.57 Å². The van der Waals surface area contributed by atoms with Crippen molar-refractivity contribution in [2.75, 3.05) is 13.1 Å². The van der Waals surface area contributed by atoms with Gasteiger partial charge < -0.3 is 14.6 Å². The molecule has 1 aromatic carbocycles. The van der Waals surface area contributed by atoms with Crippen LogP contribution in [0.25, 0.3) is 22.1 Å². The highest BCUT2D eigenvalue weighted by molar-refractivity contribution is 6.02. The van der Waals surface area contributed by atoms with E-state index in [-0.39, 0.29) is 29.6 Å². The molecule has 0 bridgehead atoms. The van der Waals surface area contributed by atoms with Crippen LogP contribution >= 0.6 is 0 Å². The third-order valence-corrected chi connectivity index (χ3v) is 6.57. The highest BCUT2D eigenvalue weighted by Crippen LogP contribution is 2.25. The van der Waals surface area contributed by atoms with Crippen LogP contribution in [0.3, 0.4) is 0 Å². The van der Waals surface area contributed by atoms with Crippen LogP contribution in [-0.4, -0.2) is 45.0 Å². The minimum Gasteiger partial charge on any atom is -0.449 e. The number of furan rings is 1. The summed E-state index contributed by atoms with van der Waals surface area (Å²) < 4.78 is 7.98. The minimum absolute atomic E-state index is 0.0288. The summed E-state index contributed by atoms with van der Waals surface area (Å²) in [5.74, 6) is -0.609. The largest absolute Gasteiger partial charge is 0.449 e. The molecular weight excluding hydrogens is 436 g/mol. The number of rotatable bonds is 9. The number of amides is 2. The van der Waals surface area contributed by atoms with Gasteiger partial charge in [-0.05, 0) is 38.3 Å². The number of hydrogen-bond donors (Lipinski definition) is 1. The molecule has 1 N–H and O–H groups in total. The van der Waals surface area contributed by atoms with Crippen molar-refractivity contribution < 1.29 is 14.0 Å². The Morgan fingerprint density at radius 3 is 2.53 bits per heavy atom. The van der Waals surface area contributed by atoms with E-state index < -0.39 is 23.7 Å². The van der Waals surface area contributed by atoms with Gasteiger partial charge in [-0.3, -0.25) is 19.0 Å². The molecule has 1 aliphatic carbocycles. The Morgan fingerprint density at radius 2 is 1.82 bits per heavy atom. The molecule has 2 aromatic heterocycles. The van der Waals surface area contributed by atoms with E-state index in [0.29, 0.717) is 24.1 Å². The monoisotopic (exact) mass is 468 g/mol. The number of nitrogens with zero attached hydrogens (tertiary/aromatic N) is 3. The molecule has 0 saturated heterocycles. The van der Waals surface area contributed by atoms with Gasteiger partial charge in [0.05, 0.1) is 0 Å². The van der Waals surface area contributed by atoms with E-state index >= 15 is 0 Å². The molecule has 182 valence electrons. The molecule has 34 heavy (non-hydrogen) atoms. The lowest BCUT2D eigenvalue weighted by Crippen LogP contribution is -2.46. The van der Waals surface area contributed by atoms with Crippen molar-refractivity contribution in [2.45, 2.75) is 71.5 Å². The quantitative estimate of drug-likeness (QED) is 0.520. The summed E-state index contributed by atoms with van der Waals surface area (Å²) >= 11 is 0. The standard InChI is InChI=1S/C25H32N4O5/c1-3-5-14-27(4-2)21(31)16-28-22-18-12-8-9-13-19(18)34-23(22)24(32)29(25(28)33)15-20(30)26-17-10-6-7-11-17/h8-9,12-13,17H,3-7,10-11,14-16H2,1-2H3,(H,26,30). The third-order valence-electron chi connectivity index (χ3n) is 6.57. The van der Waals surface area contributed by atoms with Crippen molar-refractivity contribution in [1.82, 2.24) is 19.4 Å². The van der Waals surface area contributed by atoms with Crippen LogP contribution in [0.4, 0.5) is 0 Å². The zero-order valence-electron chi connectivity index (χ0n) is 19.8. The van der Waals surface area contributed by atoms with Gasteiger partial charge in [-0.2, -0.15) is 0 Å². The van der Waals surface area contributed by atoms with Crippen molar-refractivity contribution in [1.29, 1.82) is 0 Å². The number of benzene rings is 1. The molecule has 2 heterocycles. The van der Waals surface area contributed by atoms with Gasteiger partial charge >= 0.3 is 5.69 Å². The molecular formula is C25H32N4O5. The predicted octanol–water partition coefficient (Wildman–Crippen LogP) is 2.62. The molecule has 3 aromatic rings. The molecule has 0 atom stereocenters. The highest BCUT2D eigenvalue weighted by atomic mass is 16.3. The van der Waals surface area contributed by atoms with E-state index in [2.05, 4.69) is 12.2 Å².